The predicted octanol–water partition coefficient (Wildman–Crippen LogP) is 2.60. The Kier molecular flexibility index (Phi) is 14.7. The van der Waals surface area contributed by atoms with Gasteiger partial charge in [0.05, 0.1) is 39.3 Å². The van der Waals surface area contributed by atoms with Gasteiger partial charge in [0, 0.05) is 7.11 Å². The minimum absolute atomic E-state index is 0.205. The lowest BCUT2D eigenvalue weighted by Gasteiger charge is -2.05. The summed E-state index contributed by atoms with van der Waals surface area (Å²) < 4.78 is 20.6. The minimum atomic E-state index is 0.205. The van der Waals surface area contributed by atoms with E-state index in [9.17, 15) is 5.11 Å². The number of allylic oxidation sites excluding steroid dienone is 4. The Hall–Kier alpha value is -1.30. The molecular weight excluding hydrogens is 260 g/mol. The lowest BCUT2D eigenvalue weighted by atomic mass is 10.3. The number of rotatable bonds is 13. The van der Waals surface area contributed by atoms with E-state index in [2.05, 4.69) is 0 Å². The Labute approximate surface area is 121 Å². The highest BCUT2D eigenvalue weighted by molar-refractivity contribution is 5.16. The molecule has 1 N–H and O–H groups in total. The molecule has 0 aromatic heterocycles. The predicted molar refractivity (Wildman–Crippen MR) is 78.7 cm³/mol. The second-order valence-electron chi connectivity index (χ2n) is 3.82. The van der Waals surface area contributed by atoms with Crippen LogP contribution in [-0.2, 0) is 18.9 Å². The van der Waals surface area contributed by atoms with E-state index >= 15 is 0 Å². The van der Waals surface area contributed by atoms with Crippen LogP contribution in [0.25, 0.3) is 0 Å². The Morgan fingerprint density at radius 1 is 1.00 bits per heavy atom. The summed E-state index contributed by atoms with van der Waals surface area (Å²) in [4.78, 5) is 0. The molecule has 0 saturated carbocycles. The van der Waals surface area contributed by atoms with E-state index in [-0.39, 0.29) is 5.76 Å². The number of methoxy groups -OCH3 is 1. The molecule has 0 fully saturated rings. The maximum absolute atomic E-state index is 9.36. The number of ether oxygens (including phenoxy) is 4. The SMILES string of the molecule is CC\C=C/C(O)=C\C=C\OCCOCCOCCOC. The van der Waals surface area contributed by atoms with Gasteiger partial charge in [-0.2, -0.15) is 0 Å². The minimum Gasteiger partial charge on any atom is -0.508 e. The van der Waals surface area contributed by atoms with E-state index < -0.39 is 0 Å². The molecule has 0 heterocycles. The van der Waals surface area contributed by atoms with Crippen molar-refractivity contribution < 1.29 is 24.1 Å². The van der Waals surface area contributed by atoms with E-state index in [4.69, 9.17) is 18.9 Å². The summed E-state index contributed by atoms with van der Waals surface area (Å²) in [6.07, 6.45) is 9.15. The molecule has 0 bridgehead atoms. The third-order valence-corrected chi connectivity index (χ3v) is 2.12. The van der Waals surface area contributed by atoms with Gasteiger partial charge >= 0.3 is 0 Å². The molecule has 116 valence electrons. The molecule has 0 amide bonds. The molecule has 5 heteroatoms. The standard InChI is InChI=1S/C15H26O5/c1-3-4-6-15(16)7-5-8-18-11-12-20-14-13-19-10-9-17-2/h4-8,16H,3,9-14H2,1-2H3/b6-4-,8-5+,15-7+. The Balaban J connectivity index is 3.33. The molecule has 0 radical (unpaired) electrons. The average Bonchev–Trinajstić information content (AvgIpc) is 2.46. The molecule has 0 spiro atoms. The summed E-state index contributed by atoms with van der Waals surface area (Å²) in [5.41, 5.74) is 0. The normalized spacial score (nSPS) is 12.6. The van der Waals surface area contributed by atoms with Gasteiger partial charge < -0.3 is 24.1 Å². The van der Waals surface area contributed by atoms with Gasteiger partial charge in [-0.1, -0.05) is 13.0 Å². The van der Waals surface area contributed by atoms with Crippen LogP contribution in [0.3, 0.4) is 0 Å². The number of hydrogen-bond acceptors (Lipinski definition) is 5. The summed E-state index contributed by atoms with van der Waals surface area (Å²) in [7, 11) is 1.64. The average molecular weight is 286 g/mol. The third-order valence-electron chi connectivity index (χ3n) is 2.12. The van der Waals surface area contributed by atoms with Gasteiger partial charge in [0.25, 0.3) is 0 Å². The molecule has 5 nitrogen and oxygen atoms in total. The van der Waals surface area contributed by atoms with Crippen LogP contribution in [-0.4, -0.2) is 51.9 Å². The first kappa shape index (κ1) is 18.7. The monoisotopic (exact) mass is 286 g/mol. The fourth-order valence-electron chi connectivity index (χ4n) is 1.13. The van der Waals surface area contributed by atoms with E-state index in [0.29, 0.717) is 39.6 Å². The molecule has 0 unspecified atom stereocenters. The summed E-state index contributed by atoms with van der Waals surface area (Å²) in [6, 6.07) is 0. The first-order valence-electron chi connectivity index (χ1n) is 6.79. The highest BCUT2D eigenvalue weighted by Gasteiger charge is 1.89. The van der Waals surface area contributed by atoms with Crippen LogP contribution in [0.2, 0.25) is 0 Å². The van der Waals surface area contributed by atoms with Crippen molar-refractivity contribution in [3.63, 3.8) is 0 Å². The second-order valence-corrected chi connectivity index (χ2v) is 3.82. The molecule has 0 aliphatic heterocycles. The molecule has 0 aliphatic carbocycles. The third kappa shape index (κ3) is 14.8. The van der Waals surface area contributed by atoms with E-state index in [1.165, 1.54) is 6.26 Å². The Morgan fingerprint density at radius 3 is 2.30 bits per heavy atom. The van der Waals surface area contributed by atoms with Crippen LogP contribution in [0.5, 0.6) is 0 Å². The molecule has 0 rings (SSSR count). The van der Waals surface area contributed by atoms with Gasteiger partial charge in [-0.3, -0.25) is 0 Å². The zero-order valence-electron chi connectivity index (χ0n) is 12.4. The van der Waals surface area contributed by atoms with E-state index in [1.54, 1.807) is 25.3 Å². The van der Waals surface area contributed by atoms with Gasteiger partial charge in [-0.15, -0.1) is 0 Å². The second kappa shape index (κ2) is 15.8. The van der Waals surface area contributed by atoms with Crippen molar-refractivity contribution in [2.24, 2.45) is 0 Å². The van der Waals surface area contributed by atoms with Crippen LogP contribution >= 0.6 is 0 Å². The number of aliphatic hydroxyl groups is 1. The zero-order chi connectivity index (χ0) is 14.9. The lowest BCUT2D eigenvalue weighted by molar-refractivity contribution is 0.0143. The van der Waals surface area contributed by atoms with Crippen LogP contribution in [0.4, 0.5) is 0 Å². The van der Waals surface area contributed by atoms with Crippen LogP contribution in [0.15, 0.2) is 36.3 Å². The molecule has 0 atom stereocenters. The van der Waals surface area contributed by atoms with Gasteiger partial charge in [-0.25, -0.2) is 0 Å². The van der Waals surface area contributed by atoms with E-state index in [0.717, 1.165) is 6.42 Å². The molecule has 20 heavy (non-hydrogen) atoms. The summed E-state index contributed by atoms with van der Waals surface area (Å²) in [5, 5.41) is 9.36. The quantitative estimate of drug-likeness (QED) is 0.320. The van der Waals surface area contributed by atoms with Crippen molar-refractivity contribution in [2.45, 2.75) is 13.3 Å². The summed E-state index contributed by atoms with van der Waals surface area (Å²) in [6.45, 7) is 5.25. The molecule has 0 aliphatic rings. The molecule has 0 aromatic carbocycles. The molecule has 0 aromatic rings. The van der Waals surface area contributed by atoms with Crippen LogP contribution in [0.1, 0.15) is 13.3 Å². The van der Waals surface area contributed by atoms with Crippen molar-refractivity contribution in [3.05, 3.63) is 36.3 Å². The van der Waals surface area contributed by atoms with Crippen LogP contribution in [0, 0.1) is 0 Å². The maximum atomic E-state index is 9.36. The fourth-order valence-corrected chi connectivity index (χ4v) is 1.13. The largest absolute Gasteiger partial charge is 0.508 e. The highest BCUT2D eigenvalue weighted by Crippen LogP contribution is 1.93. The van der Waals surface area contributed by atoms with Crippen molar-refractivity contribution in [3.8, 4) is 0 Å². The van der Waals surface area contributed by atoms with Crippen molar-refractivity contribution >= 4 is 0 Å². The van der Waals surface area contributed by atoms with Crippen LogP contribution < -0.4 is 0 Å². The summed E-state index contributed by atoms with van der Waals surface area (Å²) >= 11 is 0. The van der Waals surface area contributed by atoms with Crippen molar-refractivity contribution in [2.75, 3.05) is 46.8 Å². The Bertz CT molecular complexity index is 284. The van der Waals surface area contributed by atoms with Gasteiger partial charge in [0.2, 0.25) is 0 Å². The van der Waals surface area contributed by atoms with Gasteiger partial charge in [0.15, 0.2) is 0 Å². The first-order valence-corrected chi connectivity index (χ1v) is 6.79. The molecule has 0 saturated heterocycles. The van der Waals surface area contributed by atoms with Crippen molar-refractivity contribution in [1.82, 2.24) is 0 Å². The van der Waals surface area contributed by atoms with Gasteiger partial charge in [-0.05, 0) is 24.6 Å². The number of hydrogen-bond donors (Lipinski definition) is 1. The number of aliphatic hydroxyl groups excluding tert-OH is 1. The maximum Gasteiger partial charge on any atom is 0.115 e. The first-order chi connectivity index (χ1) is 9.81. The van der Waals surface area contributed by atoms with E-state index in [1.807, 2.05) is 13.0 Å². The Morgan fingerprint density at radius 2 is 1.65 bits per heavy atom. The highest BCUT2D eigenvalue weighted by atomic mass is 16.5. The van der Waals surface area contributed by atoms with Gasteiger partial charge in [0.1, 0.15) is 12.4 Å². The smallest absolute Gasteiger partial charge is 0.115 e. The lowest BCUT2D eigenvalue weighted by Crippen LogP contribution is -2.10. The topological polar surface area (TPSA) is 57.2 Å². The summed E-state index contributed by atoms with van der Waals surface area (Å²) in [5.74, 6) is 0.205. The zero-order valence-corrected chi connectivity index (χ0v) is 12.4. The molecular formula is C15H26O5. The van der Waals surface area contributed by atoms with Crippen molar-refractivity contribution in [1.29, 1.82) is 0 Å². The fraction of sp³-hybridized carbons (Fsp3) is 0.600.